The van der Waals surface area contributed by atoms with Crippen molar-refractivity contribution < 1.29 is 26.7 Å². The molecule has 1 aliphatic rings. The fourth-order valence-corrected chi connectivity index (χ4v) is 5.90. The monoisotopic (exact) mass is 486 g/mol. The maximum absolute atomic E-state index is 12.2. The highest BCUT2D eigenvalue weighted by Gasteiger charge is 2.33. The third-order valence-corrected chi connectivity index (χ3v) is 7.61. The fraction of sp³-hybridized carbons (Fsp3) is 0.450. The summed E-state index contributed by atoms with van der Waals surface area (Å²) in [6.45, 7) is 1.68. The van der Waals surface area contributed by atoms with Gasteiger partial charge in [0.05, 0.1) is 17.3 Å². The first-order valence-electron chi connectivity index (χ1n) is 9.95. The van der Waals surface area contributed by atoms with Crippen molar-refractivity contribution >= 4 is 27.5 Å². The van der Waals surface area contributed by atoms with Crippen molar-refractivity contribution in [1.82, 2.24) is 20.1 Å². The largest absolute Gasteiger partial charge is 0.435 e. The summed E-state index contributed by atoms with van der Waals surface area (Å²) in [5, 5.41) is 11.7. The van der Waals surface area contributed by atoms with Crippen molar-refractivity contribution in [2.45, 2.75) is 37.1 Å². The number of sulfone groups is 1. The van der Waals surface area contributed by atoms with E-state index in [0.717, 1.165) is 5.56 Å². The molecule has 1 aromatic heterocycles. The third kappa shape index (κ3) is 6.76. The number of hydrogen-bond acceptors (Lipinski definition) is 7. The van der Waals surface area contributed by atoms with E-state index in [0.29, 0.717) is 36.9 Å². The summed E-state index contributed by atoms with van der Waals surface area (Å²) in [7, 11) is -3.05. The molecule has 174 valence electrons. The number of nitrogens with one attached hydrogen (secondary N) is 1. The summed E-state index contributed by atoms with van der Waals surface area (Å²) in [6.07, 6.45) is 2.73. The maximum Gasteiger partial charge on any atom is 0.387 e. The third-order valence-electron chi connectivity index (χ3n) is 4.87. The highest BCUT2D eigenvalue weighted by Crippen LogP contribution is 2.30. The molecule has 3 rings (SSSR count). The minimum atomic E-state index is -3.05. The number of ether oxygens (including phenoxy) is 1. The summed E-state index contributed by atoms with van der Waals surface area (Å²) in [5.41, 5.74) is 0.876. The van der Waals surface area contributed by atoms with Gasteiger partial charge in [-0.05, 0) is 30.5 Å². The average molecular weight is 487 g/mol. The van der Waals surface area contributed by atoms with Crippen molar-refractivity contribution in [1.29, 1.82) is 0 Å². The van der Waals surface area contributed by atoms with Crippen molar-refractivity contribution in [3.8, 4) is 5.75 Å². The molecule has 2 aromatic rings. The number of allylic oxidation sites excluding steroid dienone is 1. The number of carbonyl (C=O) groups is 1. The van der Waals surface area contributed by atoms with Crippen LogP contribution in [-0.2, 0) is 27.6 Å². The van der Waals surface area contributed by atoms with Gasteiger partial charge in [0.1, 0.15) is 11.6 Å². The molecule has 2 heterocycles. The Morgan fingerprint density at radius 1 is 1.34 bits per heavy atom. The molecule has 1 fully saturated rings. The van der Waals surface area contributed by atoms with Crippen LogP contribution in [0.15, 0.2) is 42.1 Å². The zero-order chi connectivity index (χ0) is 23.1. The Morgan fingerprint density at radius 2 is 2.09 bits per heavy atom. The van der Waals surface area contributed by atoms with Gasteiger partial charge >= 0.3 is 6.61 Å². The molecule has 1 saturated heterocycles. The van der Waals surface area contributed by atoms with Gasteiger partial charge in [-0.2, -0.15) is 8.78 Å². The Labute approximate surface area is 189 Å². The lowest BCUT2D eigenvalue weighted by molar-refractivity contribution is -0.118. The van der Waals surface area contributed by atoms with E-state index in [2.05, 4.69) is 26.8 Å². The van der Waals surface area contributed by atoms with E-state index in [4.69, 9.17) is 0 Å². The minimum Gasteiger partial charge on any atom is -0.435 e. The summed E-state index contributed by atoms with van der Waals surface area (Å²) in [5.74, 6) is 0.627. The number of thioether (sulfide) groups is 1. The van der Waals surface area contributed by atoms with Crippen LogP contribution in [0.1, 0.15) is 23.7 Å². The van der Waals surface area contributed by atoms with E-state index in [9.17, 15) is 22.0 Å². The molecule has 0 bridgehead atoms. The number of carbonyl (C=O) groups excluding carboxylic acids is 1. The van der Waals surface area contributed by atoms with Crippen LogP contribution in [0.5, 0.6) is 5.75 Å². The molecule has 1 unspecified atom stereocenters. The molecule has 1 aliphatic heterocycles. The van der Waals surface area contributed by atoms with Gasteiger partial charge in [-0.3, -0.25) is 4.79 Å². The van der Waals surface area contributed by atoms with Gasteiger partial charge in [-0.15, -0.1) is 16.8 Å². The first-order valence-corrected chi connectivity index (χ1v) is 12.8. The average Bonchev–Trinajstić information content (AvgIpc) is 3.30. The Morgan fingerprint density at radius 3 is 2.72 bits per heavy atom. The number of aromatic nitrogens is 3. The topological polar surface area (TPSA) is 103 Å². The standard InChI is InChI=1S/C20H24F2N4O4S2/c1-2-10-26-18(15-8-11-32(28,29)13-15)24-25-20(26)31-12-17(27)23-9-7-14-3-5-16(6-4-14)30-19(21)22/h2-6,15,19H,1,7-13H2,(H,23,27). The predicted octanol–water partition coefficient (Wildman–Crippen LogP) is 2.42. The number of nitrogens with zero attached hydrogens (tertiary/aromatic N) is 3. The molecule has 1 amide bonds. The molecule has 0 spiro atoms. The van der Waals surface area contributed by atoms with E-state index < -0.39 is 16.4 Å². The normalized spacial score (nSPS) is 17.4. The van der Waals surface area contributed by atoms with Gasteiger partial charge in [0.25, 0.3) is 0 Å². The molecule has 1 aromatic carbocycles. The van der Waals surface area contributed by atoms with Crippen LogP contribution in [0.3, 0.4) is 0 Å². The molecule has 0 aliphatic carbocycles. The first kappa shape index (κ1) is 24.2. The summed E-state index contributed by atoms with van der Waals surface area (Å²) >= 11 is 1.22. The number of amides is 1. The van der Waals surface area contributed by atoms with Crippen molar-refractivity contribution in [2.75, 3.05) is 23.8 Å². The van der Waals surface area contributed by atoms with E-state index in [-0.39, 0.29) is 34.8 Å². The number of halogens is 2. The summed E-state index contributed by atoms with van der Waals surface area (Å²) < 4.78 is 54.0. The Bertz CT molecular complexity index is 1040. The molecule has 1 atom stereocenters. The highest BCUT2D eigenvalue weighted by molar-refractivity contribution is 7.99. The summed E-state index contributed by atoms with van der Waals surface area (Å²) in [6, 6.07) is 6.25. The van der Waals surface area contributed by atoms with Crippen LogP contribution in [0.4, 0.5) is 8.78 Å². The van der Waals surface area contributed by atoms with Crippen LogP contribution in [0, 0.1) is 0 Å². The molecule has 1 N–H and O–H groups in total. The lowest BCUT2D eigenvalue weighted by Crippen LogP contribution is -2.27. The Kier molecular flexibility index (Phi) is 8.24. The second kappa shape index (κ2) is 10.9. The molecule has 0 saturated carbocycles. The summed E-state index contributed by atoms with van der Waals surface area (Å²) in [4.78, 5) is 12.2. The van der Waals surface area contributed by atoms with Crippen LogP contribution < -0.4 is 10.1 Å². The minimum absolute atomic E-state index is 0.0582. The van der Waals surface area contributed by atoms with Crippen LogP contribution in [0.2, 0.25) is 0 Å². The van der Waals surface area contributed by atoms with Gasteiger partial charge in [0, 0.05) is 19.0 Å². The predicted molar refractivity (Wildman–Crippen MR) is 117 cm³/mol. The van der Waals surface area contributed by atoms with Gasteiger partial charge < -0.3 is 14.6 Å². The van der Waals surface area contributed by atoms with Crippen LogP contribution in [-0.4, -0.2) is 59.5 Å². The number of rotatable bonds is 11. The highest BCUT2D eigenvalue weighted by atomic mass is 32.2. The Hall–Kier alpha value is -2.47. The van der Waals surface area contributed by atoms with Crippen molar-refractivity contribution in [3.05, 3.63) is 48.3 Å². The molecule has 0 radical (unpaired) electrons. The lowest BCUT2D eigenvalue weighted by Gasteiger charge is -2.11. The number of benzene rings is 1. The van der Waals surface area contributed by atoms with Gasteiger partial charge in [0.2, 0.25) is 5.91 Å². The number of alkyl halides is 2. The first-order chi connectivity index (χ1) is 15.3. The van der Waals surface area contributed by atoms with E-state index >= 15 is 0 Å². The van der Waals surface area contributed by atoms with Crippen LogP contribution in [0.25, 0.3) is 0 Å². The quantitative estimate of drug-likeness (QED) is 0.384. The fourth-order valence-electron chi connectivity index (χ4n) is 3.37. The molecule has 32 heavy (non-hydrogen) atoms. The van der Waals surface area contributed by atoms with Gasteiger partial charge in [0.15, 0.2) is 15.0 Å². The molecule has 12 heteroatoms. The SMILES string of the molecule is C=CCn1c(SCC(=O)NCCc2ccc(OC(F)F)cc2)nnc1C1CCS(=O)(=O)C1. The molecular formula is C20H24F2N4O4S2. The lowest BCUT2D eigenvalue weighted by atomic mass is 10.1. The smallest absolute Gasteiger partial charge is 0.387 e. The molecular weight excluding hydrogens is 462 g/mol. The Balaban J connectivity index is 1.48. The second-order valence-electron chi connectivity index (χ2n) is 7.25. The van der Waals surface area contributed by atoms with E-state index in [1.165, 1.54) is 23.9 Å². The van der Waals surface area contributed by atoms with Crippen molar-refractivity contribution in [2.24, 2.45) is 0 Å². The van der Waals surface area contributed by atoms with E-state index in [1.807, 2.05) is 0 Å². The van der Waals surface area contributed by atoms with Gasteiger partial charge in [-0.25, -0.2) is 8.42 Å². The second-order valence-corrected chi connectivity index (χ2v) is 10.4. The molecule has 8 nitrogen and oxygen atoms in total. The van der Waals surface area contributed by atoms with E-state index in [1.54, 1.807) is 22.8 Å². The zero-order valence-electron chi connectivity index (χ0n) is 17.2. The zero-order valence-corrected chi connectivity index (χ0v) is 18.9. The van der Waals surface area contributed by atoms with Gasteiger partial charge in [-0.1, -0.05) is 30.0 Å². The van der Waals surface area contributed by atoms with Crippen LogP contribution >= 0.6 is 11.8 Å². The van der Waals surface area contributed by atoms with Crippen molar-refractivity contribution in [3.63, 3.8) is 0 Å². The maximum atomic E-state index is 12.2. The number of hydrogen-bond donors (Lipinski definition) is 1.